The Bertz CT molecular complexity index is 425. The number of hydrogen-bond acceptors (Lipinski definition) is 4. The van der Waals surface area contributed by atoms with Crippen LogP contribution in [0.1, 0.15) is 5.69 Å². The van der Waals surface area contributed by atoms with Crippen LogP contribution in [-0.4, -0.2) is 16.1 Å². The number of rotatable bonds is 1. The van der Waals surface area contributed by atoms with Crippen LogP contribution in [0.25, 0.3) is 6.08 Å². The highest BCUT2D eigenvalue weighted by atomic mass is 32.2. The molecule has 0 atom stereocenters. The van der Waals surface area contributed by atoms with Crippen LogP contribution in [0.15, 0.2) is 34.3 Å². The Kier molecular flexibility index (Phi) is 2.32. The second-order valence-electron chi connectivity index (χ2n) is 2.62. The number of pyridine rings is 1. The van der Waals surface area contributed by atoms with Gasteiger partial charge in [-0.2, -0.15) is 4.99 Å². The minimum absolute atomic E-state index is 0.289. The molecule has 0 radical (unpaired) electrons. The fraction of sp³-hybridized carbons (Fsp3) is 0. The fourth-order valence-electron chi connectivity index (χ4n) is 1.02. The Hall–Kier alpha value is -1.62. The van der Waals surface area contributed by atoms with E-state index >= 15 is 0 Å². The van der Waals surface area contributed by atoms with Gasteiger partial charge in [-0.15, -0.1) is 0 Å². The number of amidine groups is 1. The summed E-state index contributed by atoms with van der Waals surface area (Å²) in [5.74, 6) is -0.293. The average Bonchev–Trinajstić information content (AvgIpc) is 2.47. The maximum atomic E-state index is 11.2. The summed E-state index contributed by atoms with van der Waals surface area (Å²) in [5.41, 5.74) is 6.13. The second-order valence-corrected chi connectivity index (χ2v) is 3.68. The predicted octanol–water partition coefficient (Wildman–Crippen LogP) is 1.01. The molecule has 14 heavy (non-hydrogen) atoms. The number of hydrogen-bond donors (Lipinski definition) is 1. The van der Waals surface area contributed by atoms with Gasteiger partial charge >= 0.3 is 0 Å². The first-order valence-corrected chi connectivity index (χ1v) is 4.76. The highest BCUT2D eigenvalue weighted by molar-refractivity contribution is 8.18. The number of aliphatic imine (C=N–C) groups is 1. The van der Waals surface area contributed by atoms with E-state index in [2.05, 4.69) is 9.98 Å². The minimum atomic E-state index is -0.293. The van der Waals surface area contributed by atoms with Crippen molar-refractivity contribution < 1.29 is 4.79 Å². The molecule has 0 saturated carbocycles. The molecule has 0 aromatic carbocycles. The number of nitrogens with zero attached hydrogens (tertiary/aromatic N) is 2. The second kappa shape index (κ2) is 3.63. The molecule has 4 nitrogen and oxygen atoms in total. The van der Waals surface area contributed by atoms with Crippen LogP contribution in [0, 0.1) is 0 Å². The fourth-order valence-corrected chi connectivity index (χ4v) is 1.69. The van der Waals surface area contributed by atoms with E-state index in [9.17, 15) is 4.79 Å². The van der Waals surface area contributed by atoms with Crippen molar-refractivity contribution >= 4 is 28.9 Å². The largest absolute Gasteiger partial charge is 0.378 e. The van der Waals surface area contributed by atoms with Crippen molar-refractivity contribution in [1.29, 1.82) is 0 Å². The van der Waals surface area contributed by atoms with Gasteiger partial charge in [0.2, 0.25) is 0 Å². The number of nitrogens with two attached hydrogens (primary N) is 1. The van der Waals surface area contributed by atoms with Gasteiger partial charge in [-0.05, 0) is 30.0 Å². The summed E-state index contributed by atoms with van der Waals surface area (Å²) in [6.45, 7) is 0. The lowest BCUT2D eigenvalue weighted by molar-refractivity contribution is -0.113. The van der Waals surface area contributed by atoms with E-state index in [4.69, 9.17) is 5.73 Å². The van der Waals surface area contributed by atoms with E-state index < -0.39 is 0 Å². The third-order valence-corrected chi connectivity index (χ3v) is 2.42. The zero-order valence-electron chi connectivity index (χ0n) is 7.18. The van der Waals surface area contributed by atoms with Crippen LogP contribution in [-0.2, 0) is 4.79 Å². The molecule has 0 spiro atoms. The number of carbonyl (C=O) groups is 1. The molecule has 1 aliphatic heterocycles. The number of aromatic nitrogens is 1. The number of thioether (sulfide) groups is 1. The lowest BCUT2D eigenvalue weighted by atomic mass is 10.3. The maximum absolute atomic E-state index is 11.2. The predicted molar refractivity (Wildman–Crippen MR) is 56.4 cm³/mol. The quantitative estimate of drug-likeness (QED) is 0.695. The molecule has 0 bridgehead atoms. The Morgan fingerprint density at radius 1 is 1.43 bits per heavy atom. The van der Waals surface area contributed by atoms with Gasteiger partial charge in [-0.3, -0.25) is 9.78 Å². The van der Waals surface area contributed by atoms with Gasteiger partial charge in [0.1, 0.15) is 0 Å². The maximum Gasteiger partial charge on any atom is 0.286 e. The third kappa shape index (κ3) is 1.82. The first-order chi connectivity index (χ1) is 6.75. The Morgan fingerprint density at radius 2 is 2.29 bits per heavy atom. The summed E-state index contributed by atoms with van der Waals surface area (Å²) in [6, 6.07) is 5.49. The zero-order valence-corrected chi connectivity index (χ0v) is 7.99. The smallest absolute Gasteiger partial charge is 0.286 e. The van der Waals surface area contributed by atoms with Crippen molar-refractivity contribution in [3.8, 4) is 0 Å². The number of amides is 1. The van der Waals surface area contributed by atoms with Gasteiger partial charge in [0.15, 0.2) is 5.17 Å². The Balaban J connectivity index is 2.26. The van der Waals surface area contributed by atoms with Crippen LogP contribution >= 0.6 is 11.8 Å². The average molecular weight is 205 g/mol. The number of carbonyl (C=O) groups excluding carboxylic acids is 1. The standard InChI is InChI=1S/C9H7N3OS/c10-9-12-8(13)7(14-9)5-6-3-1-2-4-11-6/h1-5H,(H2,10,12,13)/b7-5-. The molecule has 2 N–H and O–H groups in total. The van der Waals surface area contributed by atoms with E-state index in [-0.39, 0.29) is 11.1 Å². The highest BCUT2D eigenvalue weighted by Gasteiger charge is 2.19. The first kappa shape index (κ1) is 8.96. The highest BCUT2D eigenvalue weighted by Crippen LogP contribution is 2.25. The third-order valence-electron chi connectivity index (χ3n) is 1.60. The normalized spacial score (nSPS) is 18.7. The molecule has 1 aromatic heterocycles. The van der Waals surface area contributed by atoms with Gasteiger partial charge in [-0.1, -0.05) is 6.07 Å². The molecule has 0 unspecified atom stereocenters. The molecule has 0 saturated heterocycles. The van der Waals surface area contributed by atoms with Crippen molar-refractivity contribution in [2.75, 3.05) is 0 Å². The SMILES string of the molecule is NC1=NC(=O)/C(=C/c2ccccn2)S1. The molecule has 1 aromatic rings. The van der Waals surface area contributed by atoms with E-state index in [0.717, 1.165) is 5.69 Å². The van der Waals surface area contributed by atoms with Crippen LogP contribution in [0.4, 0.5) is 0 Å². The van der Waals surface area contributed by atoms with E-state index in [1.807, 2.05) is 18.2 Å². The van der Waals surface area contributed by atoms with Crippen LogP contribution in [0.2, 0.25) is 0 Å². The van der Waals surface area contributed by atoms with Crippen molar-refractivity contribution in [1.82, 2.24) is 4.98 Å². The molecule has 0 aliphatic carbocycles. The monoisotopic (exact) mass is 205 g/mol. The van der Waals surface area contributed by atoms with Crippen LogP contribution in [0.5, 0.6) is 0 Å². The van der Waals surface area contributed by atoms with E-state index in [1.165, 1.54) is 11.8 Å². The van der Waals surface area contributed by atoms with Gasteiger partial charge in [-0.25, -0.2) is 0 Å². The van der Waals surface area contributed by atoms with Crippen LogP contribution < -0.4 is 5.73 Å². The summed E-state index contributed by atoms with van der Waals surface area (Å²) in [5, 5.41) is 0.289. The Labute approximate surface area is 84.9 Å². The molecule has 70 valence electrons. The zero-order chi connectivity index (χ0) is 9.97. The minimum Gasteiger partial charge on any atom is -0.378 e. The molecule has 5 heteroatoms. The molecule has 2 heterocycles. The molecule has 1 aliphatic rings. The summed E-state index contributed by atoms with van der Waals surface area (Å²) in [7, 11) is 0. The summed E-state index contributed by atoms with van der Waals surface area (Å²) in [4.78, 5) is 19.4. The van der Waals surface area contributed by atoms with Crippen molar-refractivity contribution in [3.05, 3.63) is 35.0 Å². The van der Waals surface area contributed by atoms with Gasteiger partial charge in [0, 0.05) is 6.20 Å². The molecular weight excluding hydrogens is 198 g/mol. The molecule has 1 amide bonds. The van der Waals surface area contributed by atoms with Gasteiger partial charge < -0.3 is 5.73 Å². The topological polar surface area (TPSA) is 68.3 Å². The summed E-state index contributed by atoms with van der Waals surface area (Å²) in [6.07, 6.45) is 3.34. The van der Waals surface area contributed by atoms with Gasteiger partial charge in [0.25, 0.3) is 5.91 Å². The molecular formula is C9H7N3OS. The van der Waals surface area contributed by atoms with Crippen molar-refractivity contribution in [3.63, 3.8) is 0 Å². The van der Waals surface area contributed by atoms with E-state index in [0.29, 0.717) is 4.91 Å². The van der Waals surface area contributed by atoms with Gasteiger partial charge in [0.05, 0.1) is 10.6 Å². The van der Waals surface area contributed by atoms with Crippen molar-refractivity contribution in [2.45, 2.75) is 0 Å². The van der Waals surface area contributed by atoms with Crippen molar-refractivity contribution in [2.24, 2.45) is 10.7 Å². The molecule has 0 fully saturated rings. The first-order valence-electron chi connectivity index (χ1n) is 3.95. The lowest BCUT2D eigenvalue weighted by Gasteiger charge is -1.93. The Morgan fingerprint density at radius 3 is 2.86 bits per heavy atom. The lowest BCUT2D eigenvalue weighted by Crippen LogP contribution is -2.01. The van der Waals surface area contributed by atoms with Crippen LogP contribution in [0.3, 0.4) is 0 Å². The summed E-state index contributed by atoms with van der Waals surface area (Å²) >= 11 is 1.17. The molecule has 2 rings (SSSR count). The summed E-state index contributed by atoms with van der Waals surface area (Å²) < 4.78 is 0. The van der Waals surface area contributed by atoms with E-state index in [1.54, 1.807) is 12.3 Å².